The van der Waals surface area contributed by atoms with Crippen LogP contribution in [0.5, 0.6) is 0 Å². The number of nitrogens with one attached hydrogen (secondary N) is 2. The number of rotatable bonds is 4. The fourth-order valence-corrected chi connectivity index (χ4v) is 2.29. The minimum absolute atomic E-state index is 0.213. The lowest BCUT2D eigenvalue weighted by Crippen LogP contribution is -2.12. The van der Waals surface area contributed by atoms with Gasteiger partial charge in [-0.05, 0) is 13.0 Å². The van der Waals surface area contributed by atoms with Gasteiger partial charge in [-0.15, -0.1) is 0 Å². The van der Waals surface area contributed by atoms with Crippen LogP contribution in [0.4, 0.5) is 11.6 Å². The zero-order valence-electron chi connectivity index (χ0n) is 11.8. The van der Waals surface area contributed by atoms with Gasteiger partial charge in [0.1, 0.15) is 28.3 Å². The van der Waals surface area contributed by atoms with Crippen LogP contribution in [0.15, 0.2) is 12.3 Å². The van der Waals surface area contributed by atoms with Crippen molar-refractivity contribution in [3.63, 3.8) is 0 Å². The first-order valence-electron chi connectivity index (χ1n) is 6.58. The second-order valence-electron chi connectivity index (χ2n) is 4.71. The monoisotopic (exact) mass is 316 g/mol. The highest BCUT2D eigenvalue weighted by Gasteiger charge is 2.17. The molecule has 9 heteroatoms. The van der Waals surface area contributed by atoms with Crippen molar-refractivity contribution in [3.05, 3.63) is 34.2 Å². The Labute approximate surface area is 130 Å². The normalized spacial score (nSPS) is 10.8. The second kappa shape index (κ2) is 5.54. The molecule has 3 heterocycles. The highest BCUT2D eigenvalue weighted by Crippen LogP contribution is 2.27. The first-order valence-corrected chi connectivity index (χ1v) is 6.96. The van der Waals surface area contributed by atoms with E-state index in [2.05, 4.69) is 31.7 Å². The van der Waals surface area contributed by atoms with Gasteiger partial charge in [-0.1, -0.05) is 11.6 Å². The van der Waals surface area contributed by atoms with Crippen molar-refractivity contribution < 1.29 is 0 Å². The van der Waals surface area contributed by atoms with E-state index in [1.54, 1.807) is 13.1 Å². The van der Waals surface area contributed by atoms with Crippen molar-refractivity contribution in [1.82, 2.24) is 24.8 Å². The van der Waals surface area contributed by atoms with Gasteiger partial charge in [-0.2, -0.15) is 20.0 Å². The van der Waals surface area contributed by atoms with E-state index in [1.807, 2.05) is 6.07 Å². The van der Waals surface area contributed by atoms with Gasteiger partial charge >= 0.3 is 0 Å². The fourth-order valence-electron chi connectivity index (χ4n) is 2.13. The summed E-state index contributed by atoms with van der Waals surface area (Å²) in [6, 6.07) is 3.94. The molecule has 22 heavy (non-hydrogen) atoms. The van der Waals surface area contributed by atoms with Gasteiger partial charge in [0.25, 0.3) is 0 Å². The number of H-pyrrole nitrogens is 1. The number of hydrogen-bond acceptors (Lipinski definition) is 6. The molecule has 0 fully saturated rings. The molecule has 0 saturated heterocycles. The molecular formula is C13H13ClN8. The Morgan fingerprint density at radius 2 is 2.36 bits per heavy atom. The SMILES string of the molecule is Cc1nn2c(N)c(C#N)c(NCCc3cc[nH]n3)nc2c1Cl. The molecule has 0 aromatic carbocycles. The Morgan fingerprint density at radius 3 is 3.05 bits per heavy atom. The average Bonchev–Trinajstić information content (AvgIpc) is 3.11. The molecule has 0 radical (unpaired) electrons. The molecule has 3 rings (SSSR count). The van der Waals surface area contributed by atoms with Gasteiger partial charge in [0, 0.05) is 19.2 Å². The number of nitrogen functional groups attached to an aromatic ring is 1. The summed E-state index contributed by atoms with van der Waals surface area (Å²) in [4.78, 5) is 4.37. The van der Waals surface area contributed by atoms with Crippen LogP contribution in [0.2, 0.25) is 5.02 Å². The van der Waals surface area contributed by atoms with Gasteiger partial charge in [-0.25, -0.2) is 4.98 Å². The smallest absolute Gasteiger partial charge is 0.178 e. The molecular weight excluding hydrogens is 304 g/mol. The van der Waals surface area contributed by atoms with Gasteiger partial charge in [0.15, 0.2) is 5.65 Å². The predicted octanol–water partition coefficient (Wildman–Crippen LogP) is 1.52. The number of nitrogens with zero attached hydrogens (tertiary/aromatic N) is 5. The number of hydrogen-bond donors (Lipinski definition) is 3. The molecule has 0 saturated carbocycles. The molecule has 0 amide bonds. The molecule has 0 aliphatic heterocycles. The summed E-state index contributed by atoms with van der Waals surface area (Å²) in [6.45, 7) is 2.32. The lowest BCUT2D eigenvalue weighted by atomic mass is 10.2. The lowest BCUT2D eigenvalue weighted by molar-refractivity contribution is 0.908. The lowest BCUT2D eigenvalue weighted by Gasteiger charge is -2.09. The van der Waals surface area contributed by atoms with E-state index in [0.29, 0.717) is 35.1 Å². The molecule has 0 bridgehead atoms. The molecule has 8 nitrogen and oxygen atoms in total. The second-order valence-corrected chi connectivity index (χ2v) is 5.09. The molecule has 0 unspecified atom stereocenters. The molecule has 0 spiro atoms. The van der Waals surface area contributed by atoms with E-state index in [1.165, 1.54) is 4.52 Å². The summed E-state index contributed by atoms with van der Waals surface area (Å²) in [5, 5.41) is 23.8. The van der Waals surface area contributed by atoms with Crippen LogP contribution < -0.4 is 11.1 Å². The van der Waals surface area contributed by atoms with E-state index in [4.69, 9.17) is 17.3 Å². The Bertz CT molecular complexity index is 859. The Kier molecular flexibility index (Phi) is 3.56. The minimum atomic E-state index is 0.213. The third kappa shape index (κ3) is 2.31. The molecule has 0 atom stereocenters. The maximum Gasteiger partial charge on any atom is 0.178 e. The zero-order chi connectivity index (χ0) is 15.7. The number of aromatic amines is 1. The third-order valence-electron chi connectivity index (χ3n) is 3.25. The predicted molar refractivity (Wildman–Crippen MR) is 82.6 cm³/mol. The van der Waals surface area contributed by atoms with Crippen LogP contribution in [-0.2, 0) is 6.42 Å². The van der Waals surface area contributed by atoms with E-state index < -0.39 is 0 Å². The van der Waals surface area contributed by atoms with Crippen molar-refractivity contribution in [2.75, 3.05) is 17.6 Å². The van der Waals surface area contributed by atoms with Crippen molar-refractivity contribution in [2.45, 2.75) is 13.3 Å². The number of nitrogens with two attached hydrogens (primary N) is 1. The summed E-state index contributed by atoms with van der Waals surface area (Å²) >= 11 is 6.17. The maximum atomic E-state index is 9.32. The highest BCUT2D eigenvalue weighted by atomic mass is 35.5. The molecule has 3 aromatic rings. The van der Waals surface area contributed by atoms with Crippen molar-refractivity contribution in [1.29, 1.82) is 5.26 Å². The average molecular weight is 317 g/mol. The number of anilines is 2. The van der Waals surface area contributed by atoms with E-state index in [9.17, 15) is 5.26 Å². The molecule has 0 aliphatic rings. The van der Waals surface area contributed by atoms with Crippen LogP contribution in [0.1, 0.15) is 17.0 Å². The third-order valence-corrected chi connectivity index (χ3v) is 3.69. The van der Waals surface area contributed by atoms with Crippen LogP contribution in [-0.4, -0.2) is 31.3 Å². The first kappa shape index (κ1) is 14.2. The number of aryl methyl sites for hydroxylation is 1. The highest BCUT2D eigenvalue weighted by molar-refractivity contribution is 6.34. The van der Waals surface area contributed by atoms with Gasteiger partial charge in [0.2, 0.25) is 0 Å². The number of nitriles is 1. The van der Waals surface area contributed by atoms with E-state index >= 15 is 0 Å². The van der Waals surface area contributed by atoms with E-state index in [-0.39, 0.29) is 11.4 Å². The first-order chi connectivity index (χ1) is 10.6. The number of aromatic nitrogens is 5. The fraction of sp³-hybridized carbons (Fsp3) is 0.231. The van der Waals surface area contributed by atoms with Gasteiger partial charge < -0.3 is 11.1 Å². The molecule has 3 aromatic heterocycles. The van der Waals surface area contributed by atoms with Gasteiger partial charge in [-0.3, -0.25) is 5.10 Å². The molecule has 112 valence electrons. The van der Waals surface area contributed by atoms with Crippen molar-refractivity contribution >= 4 is 28.9 Å². The van der Waals surface area contributed by atoms with E-state index in [0.717, 1.165) is 5.69 Å². The van der Waals surface area contributed by atoms with Crippen LogP contribution in [0, 0.1) is 18.3 Å². The van der Waals surface area contributed by atoms with Crippen molar-refractivity contribution in [3.8, 4) is 6.07 Å². The number of fused-ring (bicyclic) bond motifs is 1. The Morgan fingerprint density at radius 1 is 1.55 bits per heavy atom. The standard InChI is InChI=1S/C13H13ClN8/c1-7-10(14)13-19-12(9(6-15)11(16)22(13)21-7)17-4-2-8-3-5-18-20-8/h3,5H,2,4,16H2,1H3,(H,17,19)(H,18,20). The maximum absolute atomic E-state index is 9.32. The minimum Gasteiger partial charge on any atom is -0.382 e. The topological polar surface area (TPSA) is 121 Å². The van der Waals surface area contributed by atoms with Crippen LogP contribution >= 0.6 is 11.6 Å². The summed E-state index contributed by atoms with van der Waals surface area (Å²) in [6.07, 6.45) is 2.44. The molecule has 0 aliphatic carbocycles. The van der Waals surface area contributed by atoms with Crippen LogP contribution in [0.25, 0.3) is 5.65 Å². The summed E-state index contributed by atoms with van der Waals surface area (Å²) in [5.74, 6) is 0.606. The Hall–Kier alpha value is -2.79. The molecule has 4 N–H and O–H groups in total. The summed E-state index contributed by atoms with van der Waals surface area (Å²) in [7, 11) is 0. The summed E-state index contributed by atoms with van der Waals surface area (Å²) < 4.78 is 1.38. The van der Waals surface area contributed by atoms with Crippen LogP contribution in [0.3, 0.4) is 0 Å². The zero-order valence-corrected chi connectivity index (χ0v) is 12.5. The quantitative estimate of drug-likeness (QED) is 0.671. The largest absolute Gasteiger partial charge is 0.382 e. The van der Waals surface area contributed by atoms with Crippen molar-refractivity contribution in [2.24, 2.45) is 0 Å². The Balaban J connectivity index is 1.94. The summed E-state index contributed by atoms with van der Waals surface area (Å²) in [5.41, 5.74) is 8.20. The number of halogens is 1. The van der Waals surface area contributed by atoms with Gasteiger partial charge in [0.05, 0.1) is 11.4 Å².